The third-order valence-corrected chi connectivity index (χ3v) is 3.89. The number of ether oxygens (including phenoxy) is 1. The van der Waals surface area contributed by atoms with Crippen molar-refractivity contribution in [3.8, 4) is 0 Å². The van der Waals surface area contributed by atoms with Gasteiger partial charge in [-0.2, -0.15) is 0 Å². The van der Waals surface area contributed by atoms with Crippen LogP contribution in [0.2, 0.25) is 0 Å². The van der Waals surface area contributed by atoms with E-state index < -0.39 is 0 Å². The lowest BCUT2D eigenvalue weighted by Gasteiger charge is -2.31. The molecule has 0 amide bonds. The highest BCUT2D eigenvalue weighted by Crippen LogP contribution is 2.24. The Kier molecular flexibility index (Phi) is 9.78. The summed E-state index contributed by atoms with van der Waals surface area (Å²) in [5.74, 6) is 2.80. The van der Waals surface area contributed by atoms with Gasteiger partial charge in [-0.3, -0.25) is 0 Å². The second kappa shape index (κ2) is 9.80. The summed E-state index contributed by atoms with van der Waals surface area (Å²) in [5.41, 5.74) is 0. The topological polar surface area (TPSA) is 9.23 Å². The zero-order valence-electron chi connectivity index (χ0n) is 14.7. The average molecular weight is 271 g/mol. The van der Waals surface area contributed by atoms with E-state index in [0.717, 1.165) is 11.8 Å². The van der Waals surface area contributed by atoms with Crippen molar-refractivity contribution in [2.24, 2.45) is 23.7 Å². The van der Waals surface area contributed by atoms with Crippen LogP contribution in [0, 0.1) is 23.7 Å². The van der Waals surface area contributed by atoms with E-state index in [1.54, 1.807) is 0 Å². The summed E-state index contributed by atoms with van der Waals surface area (Å²) in [7, 11) is 0. The predicted octanol–water partition coefficient (Wildman–Crippen LogP) is 5.92. The minimum Gasteiger partial charge on any atom is -0.374 e. The van der Waals surface area contributed by atoms with Crippen LogP contribution in [0.5, 0.6) is 0 Å². The standard InChI is InChI=1S/C18H38O/c1-13(2)9-11-17(15(5)6)19-18(16(7)8)12-10-14(3)4/h13-18H,9-12H2,1-8H3. The SMILES string of the molecule is CC(C)CCC(OC(CCC(C)C)C(C)C)C(C)C. The molecule has 0 aromatic rings. The average Bonchev–Trinajstić information content (AvgIpc) is 2.26. The lowest BCUT2D eigenvalue weighted by Crippen LogP contribution is -2.30. The summed E-state index contributed by atoms with van der Waals surface area (Å²) in [5, 5.41) is 0. The van der Waals surface area contributed by atoms with Crippen molar-refractivity contribution in [3.63, 3.8) is 0 Å². The van der Waals surface area contributed by atoms with E-state index in [-0.39, 0.29) is 0 Å². The van der Waals surface area contributed by atoms with Crippen LogP contribution < -0.4 is 0 Å². The Labute approximate surface area is 122 Å². The Bertz CT molecular complexity index is 184. The summed E-state index contributed by atoms with van der Waals surface area (Å²) in [6.07, 6.45) is 5.83. The van der Waals surface area contributed by atoms with E-state index in [0.29, 0.717) is 24.0 Å². The maximum absolute atomic E-state index is 6.47. The molecule has 0 aromatic heterocycles. The van der Waals surface area contributed by atoms with E-state index in [1.807, 2.05) is 0 Å². The molecule has 2 atom stereocenters. The molecule has 0 rings (SSSR count). The van der Waals surface area contributed by atoms with Gasteiger partial charge in [0.15, 0.2) is 0 Å². The number of hydrogen-bond acceptors (Lipinski definition) is 1. The highest BCUT2D eigenvalue weighted by atomic mass is 16.5. The molecule has 0 fully saturated rings. The van der Waals surface area contributed by atoms with Gasteiger partial charge in [0.1, 0.15) is 0 Å². The van der Waals surface area contributed by atoms with Crippen LogP contribution >= 0.6 is 0 Å². The van der Waals surface area contributed by atoms with E-state index in [4.69, 9.17) is 4.74 Å². The smallest absolute Gasteiger partial charge is 0.0602 e. The Hall–Kier alpha value is -0.0400. The minimum atomic E-state index is 0.432. The third kappa shape index (κ3) is 9.49. The fraction of sp³-hybridized carbons (Fsp3) is 1.00. The zero-order chi connectivity index (χ0) is 15.0. The summed E-state index contributed by atoms with van der Waals surface area (Å²) >= 11 is 0. The fourth-order valence-corrected chi connectivity index (χ4v) is 2.34. The molecular formula is C18H38O. The second-order valence-electron chi connectivity index (χ2n) is 7.64. The Balaban J connectivity index is 4.39. The molecule has 0 aromatic carbocycles. The van der Waals surface area contributed by atoms with Crippen LogP contribution in [-0.4, -0.2) is 12.2 Å². The highest BCUT2D eigenvalue weighted by molar-refractivity contribution is 4.71. The first-order valence-electron chi connectivity index (χ1n) is 8.39. The molecule has 0 aliphatic heterocycles. The van der Waals surface area contributed by atoms with Crippen molar-refractivity contribution in [1.82, 2.24) is 0 Å². The molecule has 19 heavy (non-hydrogen) atoms. The van der Waals surface area contributed by atoms with Crippen LogP contribution in [0.25, 0.3) is 0 Å². The molecule has 0 radical (unpaired) electrons. The summed E-state index contributed by atoms with van der Waals surface area (Å²) < 4.78 is 6.47. The van der Waals surface area contributed by atoms with Gasteiger partial charge >= 0.3 is 0 Å². The van der Waals surface area contributed by atoms with Crippen molar-refractivity contribution in [2.75, 3.05) is 0 Å². The molecule has 1 nitrogen and oxygen atoms in total. The molecule has 2 unspecified atom stereocenters. The van der Waals surface area contributed by atoms with Gasteiger partial charge in [-0.25, -0.2) is 0 Å². The molecular weight excluding hydrogens is 232 g/mol. The monoisotopic (exact) mass is 270 g/mol. The molecule has 0 bridgehead atoms. The van der Waals surface area contributed by atoms with Crippen molar-refractivity contribution >= 4 is 0 Å². The van der Waals surface area contributed by atoms with E-state index >= 15 is 0 Å². The number of rotatable bonds is 10. The van der Waals surface area contributed by atoms with Crippen LogP contribution in [0.15, 0.2) is 0 Å². The van der Waals surface area contributed by atoms with Crippen molar-refractivity contribution in [2.45, 2.75) is 93.3 Å². The van der Waals surface area contributed by atoms with Crippen LogP contribution in [0.4, 0.5) is 0 Å². The minimum absolute atomic E-state index is 0.432. The van der Waals surface area contributed by atoms with Gasteiger partial charge in [-0.15, -0.1) is 0 Å². The molecule has 116 valence electrons. The first-order valence-corrected chi connectivity index (χ1v) is 8.39. The van der Waals surface area contributed by atoms with Gasteiger partial charge in [0.05, 0.1) is 12.2 Å². The largest absolute Gasteiger partial charge is 0.374 e. The maximum Gasteiger partial charge on any atom is 0.0602 e. The maximum atomic E-state index is 6.47. The molecule has 1 heteroatoms. The van der Waals surface area contributed by atoms with E-state index in [1.165, 1.54) is 25.7 Å². The Morgan fingerprint density at radius 1 is 0.526 bits per heavy atom. The molecule has 0 saturated heterocycles. The molecule has 0 saturated carbocycles. The van der Waals surface area contributed by atoms with Crippen LogP contribution in [-0.2, 0) is 4.74 Å². The number of hydrogen-bond donors (Lipinski definition) is 0. The molecule has 0 N–H and O–H groups in total. The predicted molar refractivity (Wildman–Crippen MR) is 86.5 cm³/mol. The summed E-state index contributed by atoms with van der Waals surface area (Å²) in [4.78, 5) is 0. The molecule has 0 heterocycles. The first-order chi connectivity index (χ1) is 8.73. The van der Waals surface area contributed by atoms with E-state index in [2.05, 4.69) is 55.4 Å². The van der Waals surface area contributed by atoms with Crippen LogP contribution in [0.1, 0.15) is 81.1 Å². The van der Waals surface area contributed by atoms with Gasteiger partial charge in [-0.05, 0) is 49.4 Å². The van der Waals surface area contributed by atoms with E-state index in [9.17, 15) is 0 Å². The lowest BCUT2D eigenvalue weighted by molar-refractivity contribution is -0.0668. The zero-order valence-corrected chi connectivity index (χ0v) is 14.7. The third-order valence-electron chi connectivity index (χ3n) is 3.89. The normalized spacial score (nSPS) is 15.8. The Morgan fingerprint density at radius 3 is 1.05 bits per heavy atom. The first kappa shape index (κ1) is 19.0. The van der Waals surface area contributed by atoms with Gasteiger partial charge in [0.2, 0.25) is 0 Å². The molecule has 0 aliphatic carbocycles. The summed E-state index contributed by atoms with van der Waals surface area (Å²) in [6.45, 7) is 18.4. The molecule has 0 aliphatic rings. The Morgan fingerprint density at radius 2 is 0.842 bits per heavy atom. The van der Waals surface area contributed by atoms with Gasteiger partial charge < -0.3 is 4.74 Å². The highest BCUT2D eigenvalue weighted by Gasteiger charge is 2.22. The van der Waals surface area contributed by atoms with Crippen molar-refractivity contribution in [1.29, 1.82) is 0 Å². The summed E-state index contributed by atoms with van der Waals surface area (Å²) in [6, 6.07) is 0. The van der Waals surface area contributed by atoms with Gasteiger partial charge in [-0.1, -0.05) is 55.4 Å². The quantitative estimate of drug-likeness (QED) is 0.478. The second-order valence-corrected chi connectivity index (χ2v) is 7.64. The fourth-order valence-electron chi connectivity index (χ4n) is 2.34. The van der Waals surface area contributed by atoms with Gasteiger partial charge in [0, 0.05) is 0 Å². The van der Waals surface area contributed by atoms with Crippen molar-refractivity contribution < 1.29 is 4.74 Å². The van der Waals surface area contributed by atoms with Crippen LogP contribution in [0.3, 0.4) is 0 Å². The van der Waals surface area contributed by atoms with Crippen molar-refractivity contribution in [3.05, 3.63) is 0 Å². The lowest BCUT2D eigenvalue weighted by atomic mass is 9.94. The molecule has 0 spiro atoms. The van der Waals surface area contributed by atoms with Gasteiger partial charge in [0.25, 0.3) is 0 Å².